The zero-order chi connectivity index (χ0) is 28.6. The molecule has 41 heavy (non-hydrogen) atoms. The van der Waals surface area contributed by atoms with Gasteiger partial charge < -0.3 is 10.4 Å². The fraction of sp³-hybridized carbons (Fsp3) is 0.229. The molecule has 4 aromatic carbocycles. The van der Waals surface area contributed by atoms with Crippen LogP contribution in [0.5, 0.6) is 0 Å². The van der Waals surface area contributed by atoms with E-state index < -0.39 is 12.0 Å². The number of hydrogen-bond donors (Lipinski definition) is 2. The van der Waals surface area contributed by atoms with E-state index in [4.69, 9.17) is 4.99 Å². The van der Waals surface area contributed by atoms with Gasteiger partial charge in [-0.3, -0.25) is 14.7 Å². The standard InChI is InChI=1S/C35H35N3O3/c1-25(27-16-7-3-8-17-27)32(35(40)41)37-33(28-18-9-4-10-19-28)29-20-11-12-21-30(29)36-34(39)31-22-13-23-38(31)24-26-14-5-2-6-15-26/h2-12,14-21,25,31-32H,13,22-24H2,1H3,(H,36,39)(H,40,41)/t25-,31-,32-/m0/s1. The van der Waals surface area contributed by atoms with Crippen molar-refractivity contribution in [1.82, 2.24) is 4.90 Å². The summed E-state index contributed by atoms with van der Waals surface area (Å²) in [6, 6.07) is 35.6. The zero-order valence-corrected chi connectivity index (χ0v) is 23.2. The van der Waals surface area contributed by atoms with E-state index in [1.54, 1.807) is 0 Å². The van der Waals surface area contributed by atoms with Crippen LogP contribution < -0.4 is 5.32 Å². The van der Waals surface area contributed by atoms with Crippen LogP contribution in [0.25, 0.3) is 0 Å². The predicted octanol–water partition coefficient (Wildman–Crippen LogP) is 6.38. The van der Waals surface area contributed by atoms with Crippen LogP contribution >= 0.6 is 0 Å². The van der Waals surface area contributed by atoms with E-state index in [1.165, 1.54) is 5.56 Å². The second-order valence-electron chi connectivity index (χ2n) is 10.5. The zero-order valence-electron chi connectivity index (χ0n) is 23.2. The molecular formula is C35H35N3O3. The number of likely N-dealkylation sites (tertiary alicyclic amines) is 1. The van der Waals surface area contributed by atoms with Crippen LogP contribution in [0.15, 0.2) is 120 Å². The third kappa shape index (κ3) is 6.79. The Kier molecular flexibility index (Phi) is 9.02. The topological polar surface area (TPSA) is 82.0 Å². The minimum absolute atomic E-state index is 0.0641. The number of benzene rings is 4. The van der Waals surface area contributed by atoms with E-state index in [2.05, 4.69) is 22.3 Å². The van der Waals surface area contributed by atoms with Crippen molar-refractivity contribution in [2.24, 2.45) is 4.99 Å². The minimum Gasteiger partial charge on any atom is -0.480 e. The highest BCUT2D eigenvalue weighted by molar-refractivity contribution is 6.17. The number of carboxylic acids is 1. The summed E-state index contributed by atoms with van der Waals surface area (Å²) in [7, 11) is 0. The van der Waals surface area contributed by atoms with E-state index in [0.717, 1.165) is 37.1 Å². The molecule has 4 aromatic rings. The summed E-state index contributed by atoms with van der Waals surface area (Å²) in [5, 5.41) is 13.4. The van der Waals surface area contributed by atoms with Crippen LogP contribution in [-0.4, -0.2) is 46.2 Å². The van der Waals surface area contributed by atoms with Gasteiger partial charge in [-0.25, -0.2) is 4.79 Å². The minimum atomic E-state index is -1.02. The molecule has 0 unspecified atom stereocenters. The summed E-state index contributed by atoms with van der Waals surface area (Å²) >= 11 is 0. The van der Waals surface area contributed by atoms with Gasteiger partial charge >= 0.3 is 5.97 Å². The molecule has 6 heteroatoms. The summed E-state index contributed by atoms with van der Waals surface area (Å²) in [4.78, 5) is 33.3. The smallest absolute Gasteiger partial charge is 0.329 e. The van der Waals surface area contributed by atoms with Gasteiger partial charge in [0, 0.05) is 23.6 Å². The normalized spacial score (nSPS) is 17.1. The number of anilines is 1. The van der Waals surface area contributed by atoms with Crippen LogP contribution in [0, 0.1) is 0 Å². The van der Waals surface area contributed by atoms with Gasteiger partial charge in [-0.05, 0) is 36.6 Å². The van der Waals surface area contributed by atoms with Gasteiger partial charge in [0.05, 0.1) is 17.4 Å². The van der Waals surface area contributed by atoms with E-state index in [0.29, 0.717) is 17.0 Å². The molecule has 1 aliphatic heterocycles. The van der Waals surface area contributed by atoms with Crippen molar-refractivity contribution in [2.45, 2.75) is 44.3 Å². The van der Waals surface area contributed by atoms with Crippen LogP contribution in [0.2, 0.25) is 0 Å². The fourth-order valence-electron chi connectivity index (χ4n) is 5.50. The highest BCUT2D eigenvalue weighted by Crippen LogP contribution is 2.28. The van der Waals surface area contributed by atoms with Crippen LogP contribution in [0.1, 0.15) is 47.9 Å². The number of nitrogens with one attached hydrogen (secondary N) is 1. The van der Waals surface area contributed by atoms with E-state index in [-0.39, 0.29) is 17.9 Å². The van der Waals surface area contributed by atoms with Crippen molar-refractivity contribution < 1.29 is 14.7 Å². The van der Waals surface area contributed by atoms with Crippen molar-refractivity contribution in [3.63, 3.8) is 0 Å². The lowest BCUT2D eigenvalue weighted by molar-refractivity contribution is -0.138. The molecule has 0 spiro atoms. The lowest BCUT2D eigenvalue weighted by Crippen LogP contribution is -2.39. The molecule has 1 fully saturated rings. The first-order chi connectivity index (χ1) is 20.0. The molecule has 0 bridgehead atoms. The SMILES string of the molecule is C[C@@H](c1ccccc1)[C@H](N=C(c1ccccc1)c1ccccc1NC(=O)[C@@H]1CCCN1Cc1ccccc1)C(=O)O. The second kappa shape index (κ2) is 13.2. The fourth-order valence-corrected chi connectivity index (χ4v) is 5.50. The van der Waals surface area contributed by atoms with Crippen LogP contribution in [0.3, 0.4) is 0 Å². The first-order valence-electron chi connectivity index (χ1n) is 14.1. The van der Waals surface area contributed by atoms with E-state index >= 15 is 0 Å². The summed E-state index contributed by atoms with van der Waals surface area (Å²) in [5.74, 6) is -1.43. The first kappa shape index (κ1) is 28.0. The molecule has 1 amide bonds. The summed E-state index contributed by atoms with van der Waals surface area (Å²) in [6.45, 7) is 3.47. The van der Waals surface area contributed by atoms with Crippen molar-refractivity contribution in [3.05, 3.63) is 138 Å². The monoisotopic (exact) mass is 545 g/mol. The number of carbonyl (C=O) groups is 2. The molecule has 1 saturated heterocycles. The molecule has 0 aliphatic carbocycles. The molecule has 0 saturated carbocycles. The lowest BCUT2D eigenvalue weighted by Gasteiger charge is -2.25. The van der Waals surface area contributed by atoms with Gasteiger partial charge in [-0.15, -0.1) is 0 Å². The maximum absolute atomic E-state index is 13.7. The maximum Gasteiger partial charge on any atom is 0.329 e. The summed E-state index contributed by atoms with van der Waals surface area (Å²) < 4.78 is 0. The van der Waals surface area contributed by atoms with Gasteiger partial charge in [0.1, 0.15) is 0 Å². The Hall–Kier alpha value is -4.55. The lowest BCUT2D eigenvalue weighted by atomic mass is 9.92. The third-order valence-corrected chi connectivity index (χ3v) is 7.70. The average Bonchev–Trinajstić information content (AvgIpc) is 3.47. The van der Waals surface area contributed by atoms with E-state index in [1.807, 2.05) is 110 Å². The number of hydrogen-bond acceptors (Lipinski definition) is 4. The largest absolute Gasteiger partial charge is 0.480 e. The van der Waals surface area contributed by atoms with E-state index in [9.17, 15) is 14.7 Å². The van der Waals surface area contributed by atoms with Gasteiger partial charge in [0.25, 0.3) is 0 Å². The Morgan fingerprint density at radius 1 is 0.878 bits per heavy atom. The number of rotatable bonds is 10. The van der Waals surface area contributed by atoms with Crippen LogP contribution in [0.4, 0.5) is 5.69 Å². The predicted molar refractivity (Wildman–Crippen MR) is 163 cm³/mol. The molecule has 2 N–H and O–H groups in total. The van der Waals surface area contributed by atoms with Gasteiger partial charge in [0.2, 0.25) is 5.91 Å². The second-order valence-corrected chi connectivity index (χ2v) is 10.5. The molecule has 1 aliphatic rings. The quantitative estimate of drug-likeness (QED) is 0.227. The molecule has 3 atom stereocenters. The Morgan fingerprint density at radius 2 is 1.49 bits per heavy atom. The number of aliphatic imine (C=N–C) groups is 1. The van der Waals surface area contributed by atoms with Crippen molar-refractivity contribution in [3.8, 4) is 0 Å². The van der Waals surface area contributed by atoms with Crippen molar-refractivity contribution in [1.29, 1.82) is 0 Å². The Labute approximate surface area is 241 Å². The van der Waals surface area contributed by atoms with Crippen LogP contribution in [-0.2, 0) is 16.1 Å². The molecule has 208 valence electrons. The molecule has 0 radical (unpaired) electrons. The molecule has 5 rings (SSSR count). The van der Waals surface area contributed by atoms with Crippen molar-refractivity contribution in [2.75, 3.05) is 11.9 Å². The Balaban J connectivity index is 1.48. The van der Waals surface area contributed by atoms with Gasteiger partial charge in [0.15, 0.2) is 6.04 Å². The van der Waals surface area contributed by atoms with Gasteiger partial charge in [-0.1, -0.05) is 116 Å². The highest BCUT2D eigenvalue weighted by Gasteiger charge is 2.32. The Morgan fingerprint density at radius 3 is 2.17 bits per heavy atom. The maximum atomic E-state index is 13.7. The molecule has 1 heterocycles. The first-order valence-corrected chi connectivity index (χ1v) is 14.1. The summed E-state index contributed by atoms with van der Waals surface area (Å²) in [6.07, 6.45) is 1.75. The third-order valence-electron chi connectivity index (χ3n) is 7.70. The van der Waals surface area contributed by atoms with Gasteiger partial charge in [-0.2, -0.15) is 0 Å². The Bertz CT molecular complexity index is 1490. The highest BCUT2D eigenvalue weighted by atomic mass is 16.4. The number of carbonyl (C=O) groups excluding carboxylic acids is 1. The molecular weight excluding hydrogens is 510 g/mol. The number of amides is 1. The number of para-hydroxylation sites is 1. The number of aliphatic carboxylic acids is 1. The molecule has 0 aromatic heterocycles. The molecule has 6 nitrogen and oxygen atoms in total. The number of carboxylic acid groups (broad SMARTS) is 1. The summed E-state index contributed by atoms with van der Waals surface area (Å²) in [5.41, 5.74) is 4.70. The van der Waals surface area contributed by atoms with Crippen molar-refractivity contribution >= 4 is 23.3 Å². The average molecular weight is 546 g/mol. The number of nitrogens with zero attached hydrogens (tertiary/aromatic N) is 2.